The van der Waals surface area contributed by atoms with E-state index in [-0.39, 0.29) is 5.82 Å². The first-order chi connectivity index (χ1) is 8.03. The second kappa shape index (κ2) is 4.35. The first-order valence-electron chi connectivity index (χ1n) is 5.74. The summed E-state index contributed by atoms with van der Waals surface area (Å²) in [5.74, 6) is -1.00. The number of carbonyl (C=O) groups is 1. The molecule has 0 heterocycles. The average molecular weight is 237 g/mol. The Hall–Kier alpha value is -1.58. The fourth-order valence-corrected chi connectivity index (χ4v) is 2.28. The molecule has 1 aliphatic carbocycles. The van der Waals surface area contributed by atoms with Crippen LogP contribution in [0.3, 0.4) is 0 Å². The van der Waals surface area contributed by atoms with Crippen LogP contribution in [0.15, 0.2) is 24.3 Å². The molecule has 17 heavy (non-hydrogen) atoms. The summed E-state index contributed by atoms with van der Waals surface area (Å²) in [7, 11) is 1.84. The van der Waals surface area contributed by atoms with Gasteiger partial charge in [-0.05, 0) is 37.1 Å². The highest BCUT2D eigenvalue weighted by Crippen LogP contribution is 2.42. The number of nitrogens with zero attached hydrogens (tertiary/aromatic N) is 1. The van der Waals surface area contributed by atoms with Crippen molar-refractivity contribution >= 4 is 11.7 Å². The van der Waals surface area contributed by atoms with Crippen molar-refractivity contribution in [3.05, 3.63) is 30.1 Å². The van der Waals surface area contributed by atoms with Gasteiger partial charge < -0.3 is 10.0 Å². The first kappa shape index (κ1) is 11.9. The monoisotopic (exact) mass is 237 g/mol. The summed E-state index contributed by atoms with van der Waals surface area (Å²) in [5.41, 5.74) is 0.238. The molecule has 0 radical (unpaired) electrons. The smallest absolute Gasteiger partial charge is 0.311 e. The van der Waals surface area contributed by atoms with Gasteiger partial charge in [0.2, 0.25) is 0 Å². The second-order valence-corrected chi connectivity index (χ2v) is 4.77. The van der Waals surface area contributed by atoms with E-state index in [9.17, 15) is 14.3 Å². The Bertz CT molecular complexity index is 412. The number of carboxylic acid groups (broad SMARTS) is 1. The predicted molar refractivity (Wildman–Crippen MR) is 63.6 cm³/mol. The molecule has 0 atom stereocenters. The van der Waals surface area contributed by atoms with Crippen LogP contribution >= 0.6 is 0 Å². The van der Waals surface area contributed by atoms with Crippen molar-refractivity contribution in [2.75, 3.05) is 18.5 Å². The predicted octanol–water partition coefficient (Wildman–Crippen LogP) is 2.52. The molecule has 0 aromatic heterocycles. The van der Waals surface area contributed by atoms with Crippen molar-refractivity contribution in [2.24, 2.45) is 5.41 Å². The Labute approximate surface area is 99.9 Å². The third-order valence-corrected chi connectivity index (χ3v) is 3.57. The minimum absolute atomic E-state index is 0.279. The molecule has 1 saturated carbocycles. The minimum Gasteiger partial charge on any atom is -0.481 e. The lowest BCUT2D eigenvalue weighted by Crippen LogP contribution is -2.46. The largest absolute Gasteiger partial charge is 0.481 e. The molecule has 92 valence electrons. The van der Waals surface area contributed by atoms with Crippen molar-refractivity contribution in [1.29, 1.82) is 0 Å². The van der Waals surface area contributed by atoms with Crippen molar-refractivity contribution in [3.63, 3.8) is 0 Å². The first-order valence-corrected chi connectivity index (χ1v) is 5.74. The van der Waals surface area contributed by atoms with Gasteiger partial charge in [-0.3, -0.25) is 4.79 Å². The fraction of sp³-hybridized carbons (Fsp3) is 0.462. The fourth-order valence-electron chi connectivity index (χ4n) is 2.28. The zero-order valence-electron chi connectivity index (χ0n) is 9.82. The molecule has 1 aliphatic rings. The Morgan fingerprint density at radius 3 is 2.41 bits per heavy atom. The number of carboxylic acids is 1. The van der Waals surface area contributed by atoms with E-state index in [0.29, 0.717) is 6.54 Å². The number of rotatable bonds is 4. The van der Waals surface area contributed by atoms with Gasteiger partial charge in [-0.15, -0.1) is 0 Å². The van der Waals surface area contributed by atoms with Crippen molar-refractivity contribution in [2.45, 2.75) is 19.3 Å². The van der Waals surface area contributed by atoms with Crippen LogP contribution in [0.2, 0.25) is 0 Å². The molecule has 3 nitrogen and oxygen atoms in total. The highest BCUT2D eigenvalue weighted by atomic mass is 19.1. The maximum atomic E-state index is 12.8. The van der Waals surface area contributed by atoms with Crippen molar-refractivity contribution < 1.29 is 14.3 Å². The van der Waals surface area contributed by atoms with Gasteiger partial charge in [0.25, 0.3) is 0 Å². The van der Waals surface area contributed by atoms with Gasteiger partial charge in [0.05, 0.1) is 5.41 Å². The van der Waals surface area contributed by atoms with Crippen molar-refractivity contribution in [3.8, 4) is 0 Å². The van der Waals surface area contributed by atoms with Gasteiger partial charge in [-0.2, -0.15) is 0 Å². The van der Waals surface area contributed by atoms with Crippen LogP contribution in [0.1, 0.15) is 19.3 Å². The van der Waals surface area contributed by atoms with Gasteiger partial charge in [0, 0.05) is 19.3 Å². The Morgan fingerprint density at radius 2 is 2.00 bits per heavy atom. The van der Waals surface area contributed by atoms with E-state index in [4.69, 9.17) is 0 Å². The van der Waals surface area contributed by atoms with Crippen LogP contribution < -0.4 is 4.90 Å². The Kier molecular flexibility index (Phi) is 3.05. The van der Waals surface area contributed by atoms with Crippen LogP contribution in [0, 0.1) is 11.2 Å². The van der Waals surface area contributed by atoms with E-state index in [1.54, 1.807) is 12.1 Å². The number of aliphatic carboxylic acids is 1. The highest BCUT2D eigenvalue weighted by molar-refractivity contribution is 5.76. The summed E-state index contributed by atoms with van der Waals surface area (Å²) in [6, 6.07) is 6.12. The number of halogens is 1. The van der Waals surface area contributed by atoms with Crippen LogP contribution in [-0.2, 0) is 4.79 Å². The SMILES string of the molecule is CN(CC1(C(=O)O)CCC1)c1ccc(F)cc1. The van der Waals surface area contributed by atoms with E-state index in [1.807, 2.05) is 11.9 Å². The van der Waals surface area contributed by atoms with Crippen molar-refractivity contribution in [1.82, 2.24) is 0 Å². The summed E-state index contributed by atoms with van der Waals surface area (Å²) in [4.78, 5) is 13.1. The van der Waals surface area contributed by atoms with Crippen LogP contribution in [0.4, 0.5) is 10.1 Å². The summed E-state index contributed by atoms with van der Waals surface area (Å²) in [5, 5.41) is 9.24. The summed E-state index contributed by atoms with van der Waals surface area (Å²) < 4.78 is 12.8. The van der Waals surface area contributed by atoms with Crippen LogP contribution in [-0.4, -0.2) is 24.7 Å². The van der Waals surface area contributed by atoms with Gasteiger partial charge in [0.15, 0.2) is 0 Å². The molecule has 1 N–H and O–H groups in total. The third kappa shape index (κ3) is 2.25. The zero-order chi connectivity index (χ0) is 12.5. The molecule has 0 aliphatic heterocycles. The number of benzene rings is 1. The van der Waals surface area contributed by atoms with Gasteiger partial charge in [0.1, 0.15) is 5.82 Å². The van der Waals surface area contributed by atoms with E-state index >= 15 is 0 Å². The molecule has 4 heteroatoms. The lowest BCUT2D eigenvalue weighted by atomic mass is 9.68. The second-order valence-electron chi connectivity index (χ2n) is 4.77. The molecule has 2 rings (SSSR count). The maximum Gasteiger partial charge on any atom is 0.311 e. The van der Waals surface area contributed by atoms with Gasteiger partial charge >= 0.3 is 5.97 Å². The summed E-state index contributed by atoms with van der Waals surface area (Å²) >= 11 is 0. The van der Waals surface area contributed by atoms with Crippen LogP contribution in [0.5, 0.6) is 0 Å². The Balaban J connectivity index is 2.08. The number of anilines is 1. The normalized spacial score (nSPS) is 17.3. The molecular weight excluding hydrogens is 221 g/mol. The molecule has 1 aromatic rings. The topological polar surface area (TPSA) is 40.5 Å². The number of hydrogen-bond donors (Lipinski definition) is 1. The quantitative estimate of drug-likeness (QED) is 0.874. The lowest BCUT2D eigenvalue weighted by molar-refractivity contribution is -0.153. The van der Waals surface area contributed by atoms with Crippen LogP contribution in [0.25, 0.3) is 0 Å². The molecule has 0 unspecified atom stereocenters. The number of hydrogen-bond acceptors (Lipinski definition) is 2. The van der Waals surface area contributed by atoms with E-state index in [2.05, 4.69) is 0 Å². The lowest BCUT2D eigenvalue weighted by Gasteiger charge is -2.41. The average Bonchev–Trinajstić information content (AvgIpc) is 2.23. The van der Waals surface area contributed by atoms with E-state index in [1.165, 1.54) is 12.1 Å². The van der Waals surface area contributed by atoms with Gasteiger partial charge in [-0.25, -0.2) is 4.39 Å². The third-order valence-electron chi connectivity index (χ3n) is 3.57. The standard InChI is InChI=1S/C13H16FNO2/c1-15(11-5-3-10(14)4-6-11)9-13(12(16)17)7-2-8-13/h3-6H,2,7-9H2,1H3,(H,16,17). The Morgan fingerprint density at radius 1 is 1.41 bits per heavy atom. The molecular formula is C13H16FNO2. The van der Waals surface area contributed by atoms with E-state index < -0.39 is 11.4 Å². The maximum absolute atomic E-state index is 12.8. The van der Waals surface area contributed by atoms with Gasteiger partial charge in [-0.1, -0.05) is 6.42 Å². The molecule has 1 fully saturated rings. The molecule has 1 aromatic carbocycles. The summed E-state index contributed by atoms with van der Waals surface area (Å²) in [6.45, 7) is 0.480. The minimum atomic E-state index is -0.724. The molecule has 0 amide bonds. The zero-order valence-corrected chi connectivity index (χ0v) is 9.82. The molecule has 0 saturated heterocycles. The molecule has 0 spiro atoms. The van der Waals surface area contributed by atoms with E-state index in [0.717, 1.165) is 24.9 Å². The highest BCUT2D eigenvalue weighted by Gasteiger charge is 2.45. The summed E-state index contributed by atoms with van der Waals surface area (Å²) in [6.07, 6.45) is 2.44. The molecule has 0 bridgehead atoms.